The van der Waals surface area contributed by atoms with Gasteiger partial charge >= 0.3 is 0 Å². The van der Waals surface area contributed by atoms with Crippen LogP contribution in [0.25, 0.3) is 0 Å². The van der Waals surface area contributed by atoms with Gasteiger partial charge in [0.05, 0.1) is 26.0 Å². The van der Waals surface area contributed by atoms with E-state index in [4.69, 9.17) is 9.15 Å². The molecule has 132 valence electrons. The summed E-state index contributed by atoms with van der Waals surface area (Å²) < 4.78 is 13.1. The van der Waals surface area contributed by atoms with Crippen LogP contribution in [-0.4, -0.2) is 39.1 Å². The Morgan fingerprint density at radius 3 is 2.72 bits per heavy atom. The van der Waals surface area contributed by atoms with Crippen molar-refractivity contribution >= 4 is 11.8 Å². The van der Waals surface area contributed by atoms with E-state index in [1.165, 1.54) is 0 Å². The van der Waals surface area contributed by atoms with Gasteiger partial charge in [-0.3, -0.25) is 4.90 Å². The molecular formula is C18H22N4O2S. The molecule has 0 saturated carbocycles. The maximum atomic E-state index is 5.70. The normalized spacial score (nSPS) is 11.2. The van der Waals surface area contributed by atoms with Crippen LogP contribution in [0.4, 0.5) is 0 Å². The average Bonchev–Trinajstić information content (AvgIpc) is 3.24. The number of para-hydroxylation sites is 1. The lowest BCUT2D eigenvalue weighted by molar-refractivity contribution is 0.278. The number of rotatable bonds is 9. The van der Waals surface area contributed by atoms with E-state index in [9.17, 15) is 0 Å². The van der Waals surface area contributed by atoms with Gasteiger partial charge in [0.2, 0.25) is 0 Å². The first-order valence-corrected chi connectivity index (χ1v) is 9.11. The van der Waals surface area contributed by atoms with Crippen molar-refractivity contribution in [2.75, 3.05) is 19.4 Å². The van der Waals surface area contributed by atoms with Crippen molar-refractivity contribution in [1.29, 1.82) is 0 Å². The molecule has 0 fully saturated rings. The summed E-state index contributed by atoms with van der Waals surface area (Å²) in [5, 5.41) is 9.48. The second kappa shape index (κ2) is 8.73. The number of aromatic nitrogens is 3. The smallest absolute Gasteiger partial charge is 0.191 e. The Labute approximate surface area is 151 Å². The van der Waals surface area contributed by atoms with E-state index in [0.717, 1.165) is 34.8 Å². The Morgan fingerprint density at radius 2 is 1.96 bits per heavy atom. The van der Waals surface area contributed by atoms with Crippen molar-refractivity contribution in [3.63, 3.8) is 0 Å². The number of ether oxygens (including phenoxy) is 1. The fourth-order valence-electron chi connectivity index (χ4n) is 2.38. The first kappa shape index (κ1) is 17.6. The molecule has 0 aliphatic heterocycles. The number of nitrogens with zero attached hydrogens (tertiary/aromatic N) is 4. The molecular weight excluding hydrogens is 336 g/mol. The minimum atomic E-state index is 0.634. The van der Waals surface area contributed by atoms with E-state index in [0.29, 0.717) is 13.2 Å². The van der Waals surface area contributed by atoms with Gasteiger partial charge in [-0.2, -0.15) is 0 Å². The monoisotopic (exact) mass is 358 g/mol. The summed E-state index contributed by atoms with van der Waals surface area (Å²) in [4.78, 5) is 2.15. The topological polar surface area (TPSA) is 56.3 Å². The number of thioether (sulfide) groups is 1. The third-order valence-corrected chi connectivity index (χ3v) is 4.65. The van der Waals surface area contributed by atoms with Crippen LogP contribution in [0.5, 0.6) is 5.75 Å². The van der Waals surface area contributed by atoms with Crippen molar-refractivity contribution in [3.05, 3.63) is 60.3 Å². The van der Waals surface area contributed by atoms with Gasteiger partial charge in [-0.15, -0.1) is 10.2 Å². The maximum absolute atomic E-state index is 5.70. The van der Waals surface area contributed by atoms with Gasteiger partial charge in [0.15, 0.2) is 5.16 Å². The standard InChI is InChI=1S/C18H22N4O2S/c1-21(13-16-9-6-10-23-16)14-17-19-20-18(22(17)2)25-12-11-24-15-7-4-3-5-8-15/h3-10H,11-14H2,1-2H3. The lowest BCUT2D eigenvalue weighted by Crippen LogP contribution is -2.19. The number of furan rings is 1. The van der Waals surface area contributed by atoms with E-state index < -0.39 is 0 Å². The van der Waals surface area contributed by atoms with E-state index in [1.54, 1.807) is 18.0 Å². The van der Waals surface area contributed by atoms with E-state index in [2.05, 4.69) is 15.1 Å². The largest absolute Gasteiger partial charge is 0.493 e. The quantitative estimate of drug-likeness (QED) is 0.432. The fourth-order valence-corrected chi connectivity index (χ4v) is 3.13. The third-order valence-electron chi connectivity index (χ3n) is 3.67. The highest BCUT2D eigenvalue weighted by Crippen LogP contribution is 2.17. The van der Waals surface area contributed by atoms with E-state index >= 15 is 0 Å². The van der Waals surface area contributed by atoms with Crippen LogP contribution in [0.15, 0.2) is 58.3 Å². The van der Waals surface area contributed by atoms with Crippen LogP contribution in [0, 0.1) is 0 Å². The Kier molecular flexibility index (Phi) is 6.14. The molecule has 0 aliphatic carbocycles. The maximum Gasteiger partial charge on any atom is 0.191 e. The highest BCUT2D eigenvalue weighted by Gasteiger charge is 2.12. The first-order valence-electron chi connectivity index (χ1n) is 8.12. The Hall–Kier alpha value is -2.25. The molecule has 0 N–H and O–H groups in total. The van der Waals surface area contributed by atoms with Gasteiger partial charge < -0.3 is 13.7 Å². The minimum absolute atomic E-state index is 0.634. The lowest BCUT2D eigenvalue weighted by Gasteiger charge is -2.14. The van der Waals surface area contributed by atoms with Gasteiger partial charge in [0.25, 0.3) is 0 Å². The fraction of sp³-hybridized carbons (Fsp3) is 0.333. The Bertz CT molecular complexity index is 759. The molecule has 0 radical (unpaired) electrons. The van der Waals surface area contributed by atoms with Crippen LogP contribution in [0.1, 0.15) is 11.6 Å². The summed E-state index contributed by atoms with van der Waals surface area (Å²) >= 11 is 1.65. The van der Waals surface area contributed by atoms with Crippen LogP contribution in [-0.2, 0) is 20.1 Å². The summed E-state index contributed by atoms with van der Waals surface area (Å²) in [6.45, 7) is 2.09. The van der Waals surface area contributed by atoms with Crippen LogP contribution in [0.2, 0.25) is 0 Å². The molecule has 3 rings (SSSR count). The van der Waals surface area contributed by atoms with Gasteiger partial charge in [-0.25, -0.2) is 0 Å². The predicted molar refractivity (Wildman–Crippen MR) is 97.5 cm³/mol. The van der Waals surface area contributed by atoms with Gasteiger partial charge in [-0.1, -0.05) is 30.0 Å². The highest BCUT2D eigenvalue weighted by atomic mass is 32.2. The lowest BCUT2D eigenvalue weighted by atomic mass is 10.3. The molecule has 7 heteroatoms. The molecule has 0 saturated heterocycles. The zero-order valence-electron chi connectivity index (χ0n) is 14.5. The van der Waals surface area contributed by atoms with Crippen molar-refractivity contribution in [1.82, 2.24) is 19.7 Å². The molecule has 3 aromatic rings. The number of hydrogen-bond acceptors (Lipinski definition) is 6. The van der Waals surface area contributed by atoms with Crippen LogP contribution in [0.3, 0.4) is 0 Å². The SMILES string of the molecule is CN(Cc1ccco1)Cc1nnc(SCCOc2ccccc2)n1C. The van der Waals surface area contributed by atoms with Crippen LogP contribution < -0.4 is 4.74 Å². The first-order chi connectivity index (χ1) is 12.2. The molecule has 0 amide bonds. The summed E-state index contributed by atoms with van der Waals surface area (Å²) in [6, 6.07) is 13.7. The number of hydrogen-bond donors (Lipinski definition) is 0. The zero-order valence-corrected chi connectivity index (χ0v) is 15.3. The summed E-state index contributed by atoms with van der Waals surface area (Å²) in [5.41, 5.74) is 0. The van der Waals surface area contributed by atoms with Gasteiger partial charge in [0.1, 0.15) is 17.3 Å². The van der Waals surface area contributed by atoms with Crippen molar-refractivity contribution in [3.8, 4) is 5.75 Å². The molecule has 0 spiro atoms. The molecule has 6 nitrogen and oxygen atoms in total. The molecule has 1 aromatic carbocycles. The number of benzene rings is 1. The predicted octanol–water partition coefficient (Wildman–Crippen LogP) is 3.21. The minimum Gasteiger partial charge on any atom is -0.493 e. The second-order valence-corrected chi connectivity index (χ2v) is 6.78. The molecule has 2 heterocycles. The van der Waals surface area contributed by atoms with Gasteiger partial charge in [0, 0.05) is 12.8 Å². The van der Waals surface area contributed by atoms with Crippen LogP contribution >= 0.6 is 11.8 Å². The second-order valence-electron chi connectivity index (χ2n) is 5.72. The van der Waals surface area contributed by atoms with Crippen molar-refractivity contribution in [2.24, 2.45) is 7.05 Å². The Morgan fingerprint density at radius 1 is 1.12 bits per heavy atom. The van der Waals surface area contributed by atoms with Crippen molar-refractivity contribution < 1.29 is 9.15 Å². The molecule has 0 aliphatic rings. The molecule has 2 aromatic heterocycles. The molecule has 0 bridgehead atoms. The molecule has 0 unspecified atom stereocenters. The van der Waals surface area contributed by atoms with E-state index in [1.807, 2.05) is 61.1 Å². The molecule has 0 atom stereocenters. The van der Waals surface area contributed by atoms with Gasteiger partial charge in [-0.05, 0) is 31.3 Å². The van der Waals surface area contributed by atoms with Crippen molar-refractivity contribution in [2.45, 2.75) is 18.2 Å². The highest BCUT2D eigenvalue weighted by molar-refractivity contribution is 7.99. The molecule has 25 heavy (non-hydrogen) atoms. The summed E-state index contributed by atoms with van der Waals surface area (Å²) in [5.74, 6) is 3.59. The Balaban J connectivity index is 1.45. The van der Waals surface area contributed by atoms with E-state index in [-0.39, 0.29) is 0 Å². The summed E-state index contributed by atoms with van der Waals surface area (Å²) in [6.07, 6.45) is 1.69. The average molecular weight is 358 g/mol. The third kappa shape index (κ3) is 5.11. The summed E-state index contributed by atoms with van der Waals surface area (Å²) in [7, 11) is 4.04. The zero-order chi connectivity index (χ0) is 17.5.